The van der Waals surface area contributed by atoms with E-state index in [4.69, 9.17) is 0 Å². The summed E-state index contributed by atoms with van der Waals surface area (Å²) in [4.78, 5) is 7.73. The first-order chi connectivity index (χ1) is 7.63. The van der Waals surface area contributed by atoms with Gasteiger partial charge < -0.3 is 0 Å². The first-order valence-corrected chi connectivity index (χ1v) is 5.90. The fraction of sp³-hybridized carbons (Fsp3) is 0.500. The van der Waals surface area contributed by atoms with Crippen molar-refractivity contribution in [2.45, 2.75) is 20.0 Å². The highest BCUT2D eigenvalue weighted by Gasteiger charge is 2.06. The van der Waals surface area contributed by atoms with Gasteiger partial charge in [-0.3, -0.25) is 9.58 Å². The fourth-order valence-corrected chi connectivity index (χ4v) is 2.42. The molecule has 0 fully saturated rings. The van der Waals surface area contributed by atoms with Crippen LogP contribution in [0.2, 0.25) is 0 Å². The summed E-state index contributed by atoms with van der Waals surface area (Å²) in [5.74, 6) is 0. The van der Waals surface area contributed by atoms with Gasteiger partial charge in [0.05, 0.1) is 10.7 Å². The van der Waals surface area contributed by atoms with Crippen LogP contribution in [-0.4, -0.2) is 31.9 Å². The normalized spacial score (nSPS) is 11.2. The maximum Gasteiger partial charge on any atom is 0.0967 e. The third-order valence-corrected chi connectivity index (χ3v) is 3.07. The highest BCUT2D eigenvalue weighted by Crippen LogP contribution is 2.14. The third-order valence-electron chi connectivity index (χ3n) is 2.18. The Morgan fingerprint density at radius 3 is 2.81 bits per heavy atom. The predicted molar refractivity (Wildman–Crippen MR) is 63.0 cm³/mol. The fourth-order valence-electron chi connectivity index (χ4n) is 1.54. The van der Waals surface area contributed by atoms with Crippen molar-refractivity contribution in [3.05, 3.63) is 28.0 Å². The lowest BCUT2D eigenvalue weighted by atomic mass is 10.4. The summed E-state index contributed by atoms with van der Waals surface area (Å²) >= 11 is 1.74. The minimum Gasteiger partial charge on any atom is -0.295 e. The van der Waals surface area contributed by atoms with Crippen LogP contribution < -0.4 is 0 Å². The van der Waals surface area contributed by atoms with E-state index in [0.29, 0.717) is 0 Å². The number of aryl methyl sites for hydroxylation is 2. The monoisotopic (exact) mass is 237 g/mol. The quantitative estimate of drug-likeness (QED) is 0.802. The summed E-state index contributed by atoms with van der Waals surface area (Å²) in [6.45, 7) is 3.74. The summed E-state index contributed by atoms with van der Waals surface area (Å²) in [6.07, 6.45) is 3.88. The van der Waals surface area contributed by atoms with Crippen LogP contribution in [0.25, 0.3) is 0 Å². The highest BCUT2D eigenvalue weighted by molar-refractivity contribution is 7.11. The molecule has 2 rings (SSSR count). The van der Waals surface area contributed by atoms with Crippen LogP contribution in [0.15, 0.2) is 12.4 Å². The second-order valence-corrected chi connectivity index (χ2v) is 5.22. The predicted octanol–water partition coefficient (Wildman–Crippen LogP) is 1.21. The Kier molecular flexibility index (Phi) is 3.31. The van der Waals surface area contributed by atoms with E-state index in [2.05, 4.69) is 27.2 Å². The maximum atomic E-state index is 4.24. The lowest BCUT2D eigenvalue weighted by molar-refractivity contribution is 0.317. The highest BCUT2D eigenvalue weighted by atomic mass is 32.1. The molecule has 0 radical (unpaired) electrons. The standard InChI is InChI=1S/C10H15N5S/c1-8-11-4-10(16-8)7-14(2)5-9-6-15(3)13-12-9/h4,6H,5,7H2,1-3H3. The SMILES string of the molecule is Cc1ncc(CN(C)Cc2cn(C)nn2)s1. The maximum absolute atomic E-state index is 4.24. The van der Waals surface area contributed by atoms with Crippen molar-refractivity contribution in [3.8, 4) is 0 Å². The molecular formula is C10H15N5S. The average molecular weight is 237 g/mol. The number of thiazole rings is 1. The van der Waals surface area contributed by atoms with Gasteiger partial charge in [0.15, 0.2) is 0 Å². The van der Waals surface area contributed by atoms with Gasteiger partial charge in [0, 0.05) is 37.4 Å². The van der Waals surface area contributed by atoms with Crippen molar-refractivity contribution >= 4 is 11.3 Å². The molecule has 0 aliphatic heterocycles. The number of rotatable bonds is 4. The van der Waals surface area contributed by atoms with Gasteiger partial charge in [-0.1, -0.05) is 5.21 Å². The molecule has 2 aromatic heterocycles. The van der Waals surface area contributed by atoms with Crippen molar-refractivity contribution < 1.29 is 0 Å². The summed E-state index contributed by atoms with van der Waals surface area (Å²) in [7, 11) is 3.95. The smallest absolute Gasteiger partial charge is 0.0967 e. The molecule has 0 unspecified atom stereocenters. The molecule has 6 heteroatoms. The Labute approximate surface area is 98.7 Å². The van der Waals surface area contributed by atoms with Gasteiger partial charge in [-0.25, -0.2) is 4.98 Å². The van der Waals surface area contributed by atoms with Gasteiger partial charge in [-0.2, -0.15) is 0 Å². The zero-order chi connectivity index (χ0) is 11.5. The summed E-state index contributed by atoms with van der Waals surface area (Å²) in [6, 6.07) is 0. The van der Waals surface area contributed by atoms with E-state index in [1.165, 1.54) is 4.88 Å². The molecule has 2 aromatic rings. The van der Waals surface area contributed by atoms with Gasteiger partial charge in [-0.15, -0.1) is 16.4 Å². The molecule has 86 valence electrons. The Balaban J connectivity index is 1.91. The molecule has 0 atom stereocenters. The third kappa shape index (κ3) is 2.86. The molecule has 0 N–H and O–H groups in total. The van der Waals surface area contributed by atoms with Crippen molar-refractivity contribution in [3.63, 3.8) is 0 Å². The number of aromatic nitrogens is 4. The minimum atomic E-state index is 0.810. The Morgan fingerprint density at radius 2 is 2.25 bits per heavy atom. The van der Waals surface area contributed by atoms with Crippen LogP contribution in [0, 0.1) is 6.92 Å². The van der Waals surface area contributed by atoms with Crippen LogP contribution in [0.1, 0.15) is 15.6 Å². The summed E-state index contributed by atoms with van der Waals surface area (Å²) < 4.78 is 1.72. The van der Waals surface area contributed by atoms with Gasteiger partial charge in [-0.05, 0) is 14.0 Å². The van der Waals surface area contributed by atoms with Gasteiger partial charge in [0.2, 0.25) is 0 Å². The first-order valence-electron chi connectivity index (χ1n) is 5.08. The molecule has 0 saturated heterocycles. The van der Waals surface area contributed by atoms with E-state index in [-0.39, 0.29) is 0 Å². The molecule has 0 aliphatic carbocycles. The minimum absolute atomic E-state index is 0.810. The van der Waals surface area contributed by atoms with E-state index in [0.717, 1.165) is 23.8 Å². The van der Waals surface area contributed by atoms with Crippen molar-refractivity contribution in [1.29, 1.82) is 0 Å². The molecule has 16 heavy (non-hydrogen) atoms. The second kappa shape index (κ2) is 4.71. The van der Waals surface area contributed by atoms with Crippen LogP contribution in [-0.2, 0) is 20.1 Å². The first kappa shape index (κ1) is 11.2. The molecule has 5 nitrogen and oxygen atoms in total. The van der Waals surface area contributed by atoms with Crippen molar-refractivity contribution in [2.24, 2.45) is 7.05 Å². The van der Waals surface area contributed by atoms with Crippen LogP contribution >= 0.6 is 11.3 Å². The molecule has 0 spiro atoms. The van der Waals surface area contributed by atoms with Crippen LogP contribution in [0.4, 0.5) is 0 Å². The molecule has 0 saturated carbocycles. The summed E-state index contributed by atoms with van der Waals surface area (Å²) in [5, 5.41) is 9.09. The van der Waals surface area contributed by atoms with Crippen molar-refractivity contribution in [1.82, 2.24) is 24.9 Å². The lowest BCUT2D eigenvalue weighted by Gasteiger charge is -2.12. The van der Waals surface area contributed by atoms with Gasteiger partial charge in [0.25, 0.3) is 0 Å². The van der Waals surface area contributed by atoms with Crippen molar-refractivity contribution in [2.75, 3.05) is 7.05 Å². The number of hydrogen-bond acceptors (Lipinski definition) is 5. The summed E-state index contributed by atoms with van der Waals surface area (Å²) in [5.41, 5.74) is 0.992. The molecule has 0 bridgehead atoms. The van der Waals surface area contributed by atoms with Gasteiger partial charge in [0.1, 0.15) is 0 Å². The van der Waals surface area contributed by atoms with Crippen LogP contribution in [0.5, 0.6) is 0 Å². The van der Waals surface area contributed by atoms with E-state index < -0.39 is 0 Å². The van der Waals surface area contributed by atoms with E-state index in [1.807, 2.05) is 26.4 Å². The molecule has 0 aromatic carbocycles. The second-order valence-electron chi connectivity index (χ2n) is 3.90. The topological polar surface area (TPSA) is 46.8 Å². The van der Waals surface area contributed by atoms with Crippen LogP contribution in [0.3, 0.4) is 0 Å². The zero-order valence-corrected chi connectivity index (χ0v) is 10.5. The zero-order valence-electron chi connectivity index (χ0n) is 9.71. The van der Waals surface area contributed by atoms with Gasteiger partial charge >= 0.3 is 0 Å². The Hall–Kier alpha value is -1.27. The molecular weight excluding hydrogens is 222 g/mol. The van der Waals surface area contributed by atoms with E-state index >= 15 is 0 Å². The van der Waals surface area contributed by atoms with E-state index in [9.17, 15) is 0 Å². The lowest BCUT2D eigenvalue weighted by Crippen LogP contribution is -2.16. The largest absolute Gasteiger partial charge is 0.295 e. The average Bonchev–Trinajstić information content (AvgIpc) is 2.76. The molecule has 0 aliphatic rings. The molecule has 2 heterocycles. The van der Waals surface area contributed by atoms with E-state index in [1.54, 1.807) is 16.0 Å². The molecule has 0 amide bonds. The number of hydrogen-bond donors (Lipinski definition) is 0. The Bertz CT molecular complexity index is 419. The number of nitrogens with zero attached hydrogens (tertiary/aromatic N) is 5. The Morgan fingerprint density at radius 1 is 1.44 bits per heavy atom.